The maximum Gasteiger partial charge on any atom is 0.256 e. The second-order valence-corrected chi connectivity index (χ2v) is 8.05. The second kappa shape index (κ2) is 10.9. The van der Waals surface area contributed by atoms with Gasteiger partial charge in [0.15, 0.2) is 0 Å². The molecule has 0 saturated carbocycles. The van der Waals surface area contributed by atoms with Crippen molar-refractivity contribution in [2.45, 2.75) is 32.0 Å². The Bertz CT molecular complexity index is 1160. The van der Waals surface area contributed by atoms with E-state index in [1.165, 1.54) is 6.20 Å². The van der Waals surface area contributed by atoms with E-state index in [0.29, 0.717) is 41.5 Å². The van der Waals surface area contributed by atoms with E-state index in [0.717, 1.165) is 24.7 Å². The Morgan fingerprint density at radius 2 is 2.09 bits per heavy atom. The molecule has 4 rings (SSSR count). The third-order valence-electron chi connectivity index (χ3n) is 5.44. The van der Waals surface area contributed by atoms with Crippen LogP contribution in [0.1, 0.15) is 34.6 Å². The van der Waals surface area contributed by atoms with Crippen molar-refractivity contribution in [1.29, 1.82) is 0 Å². The van der Waals surface area contributed by atoms with E-state index in [1.807, 2.05) is 11.0 Å². The summed E-state index contributed by atoms with van der Waals surface area (Å²) in [5.74, 6) is 1.43. The number of aldehydes is 1. The van der Waals surface area contributed by atoms with Gasteiger partial charge in [-0.1, -0.05) is 17.7 Å². The molecule has 2 N–H and O–H groups in total. The third kappa shape index (κ3) is 5.40. The van der Waals surface area contributed by atoms with Gasteiger partial charge in [0.1, 0.15) is 29.2 Å². The van der Waals surface area contributed by atoms with E-state index >= 15 is 0 Å². The Labute approximate surface area is 201 Å². The summed E-state index contributed by atoms with van der Waals surface area (Å²) in [4.78, 5) is 43.4. The number of hydrogen-bond acceptors (Lipinski definition) is 9. The van der Waals surface area contributed by atoms with Gasteiger partial charge < -0.3 is 25.1 Å². The molecule has 3 aromatic rings. The van der Waals surface area contributed by atoms with Crippen LogP contribution in [0.4, 0.5) is 11.8 Å². The lowest BCUT2D eigenvalue weighted by Crippen LogP contribution is -2.32. The number of nitrogens with zero attached hydrogens (tertiary/aromatic N) is 5. The predicted octanol–water partition coefficient (Wildman–Crippen LogP) is 2.64. The molecular weight excluding hydrogens is 458 g/mol. The summed E-state index contributed by atoms with van der Waals surface area (Å²) in [7, 11) is 1.55. The number of amides is 1. The van der Waals surface area contributed by atoms with Gasteiger partial charge in [-0.05, 0) is 36.6 Å². The first-order valence-electron chi connectivity index (χ1n) is 10.8. The standard InChI is InChI=1S/C23H24ClN7O3/c1-34-19-6-5-15(10-18(19)24)11-27-21-17(22(33)28-13-20-25-7-3-8-26-20)12-29-23(30-21)31-9-2-4-16(31)14-32/h3,5-8,10,12,14,16H,2,4,9,11,13H2,1H3,(H,28,33)(H,27,29,30)/t16-/m0/s1. The second-order valence-electron chi connectivity index (χ2n) is 7.64. The van der Waals surface area contributed by atoms with Gasteiger partial charge in [-0.3, -0.25) is 4.79 Å². The number of aromatic nitrogens is 4. The Hall–Kier alpha value is -3.79. The number of nitrogens with one attached hydrogen (secondary N) is 2. The molecule has 2 aromatic heterocycles. The van der Waals surface area contributed by atoms with Crippen LogP contribution in [-0.2, 0) is 17.9 Å². The molecule has 1 aliphatic rings. The SMILES string of the molecule is COc1ccc(CNc2nc(N3CCC[C@H]3C=O)ncc2C(=O)NCc2ncccn2)cc1Cl. The zero-order valence-electron chi connectivity index (χ0n) is 18.6. The van der Waals surface area contributed by atoms with Crippen molar-refractivity contribution >= 4 is 35.6 Å². The Kier molecular flexibility index (Phi) is 7.48. The largest absolute Gasteiger partial charge is 0.495 e. The number of rotatable bonds is 9. The first kappa shape index (κ1) is 23.4. The monoisotopic (exact) mass is 481 g/mol. The third-order valence-corrected chi connectivity index (χ3v) is 5.73. The molecule has 1 fully saturated rings. The van der Waals surface area contributed by atoms with Crippen molar-refractivity contribution in [3.8, 4) is 5.75 Å². The smallest absolute Gasteiger partial charge is 0.256 e. The number of benzene rings is 1. The van der Waals surface area contributed by atoms with Gasteiger partial charge >= 0.3 is 0 Å². The highest BCUT2D eigenvalue weighted by molar-refractivity contribution is 6.32. The lowest BCUT2D eigenvalue weighted by atomic mass is 10.2. The quantitative estimate of drug-likeness (QED) is 0.444. The summed E-state index contributed by atoms with van der Waals surface area (Å²) in [6, 6.07) is 6.86. The highest BCUT2D eigenvalue weighted by Crippen LogP contribution is 2.27. The van der Waals surface area contributed by atoms with Crippen LogP contribution in [0.2, 0.25) is 5.02 Å². The topological polar surface area (TPSA) is 122 Å². The summed E-state index contributed by atoms with van der Waals surface area (Å²) in [5, 5.41) is 6.49. The minimum Gasteiger partial charge on any atom is -0.495 e. The van der Waals surface area contributed by atoms with Crippen LogP contribution in [0.5, 0.6) is 5.75 Å². The van der Waals surface area contributed by atoms with Crippen LogP contribution in [0.15, 0.2) is 42.9 Å². The fourth-order valence-corrected chi connectivity index (χ4v) is 3.96. The molecular formula is C23H24ClN7O3. The highest BCUT2D eigenvalue weighted by atomic mass is 35.5. The van der Waals surface area contributed by atoms with Crippen molar-refractivity contribution in [3.63, 3.8) is 0 Å². The summed E-state index contributed by atoms with van der Waals surface area (Å²) in [6.07, 6.45) is 7.21. The fraction of sp³-hybridized carbons (Fsp3) is 0.304. The lowest BCUT2D eigenvalue weighted by Gasteiger charge is -2.21. The zero-order chi connectivity index (χ0) is 23.9. The first-order chi connectivity index (χ1) is 16.6. The van der Waals surface area contributed by atoms with E-state index in [4.69, 9.17) is 16.3 Å². The van der Waals surface area contributed by atoms with Gasteiger partial charge in [0.05, 0.1) is 24.7 Å². The number of hydrogen-bond donors (Lipinski definition) is 2. The number of methoxy groups -OCH3 is 1. The molecule has 11 heteroatoms. The van der Waals surface area contributed by atoms with E-state index < -0.39 is 0 Å². The molecule has 34 heavy (non-hydrogen) atoms. The van der Waals surface area contributed by atoms with Crippen LogP contribution in [0.25, 0.3) is 0 Å². The molecule has 0 spiro atoms. The summed E-state index contributed by atoms with van der Waals surface area (Å²) >= 11 is 6.24. The van der Waals surface area contributed by atoms with Crippen LogP contribution in [0, 0.1) is 0 Å². The zero-order valence-corrected chi connectivity index (χ0v) is 19.3. The Balaban J connectivity index is 1.57. The number of halogens is 1. The molecule has 1 atom stereocenters. The van der Waals surface area contributed by atoms with Gasteiger partial charge in [0, 0.05) is 31.7 Å². The molecule has 1 amide bonds. The molecule has 1 aromatic carbocycles. The normalized spacial score (nSPS) is 15.1. The molecule has 10 nitrogen and oxygen atoms in total. The van der Waals surface area contributed by atoms with Gasteiger partial charge in [0.25, 0.3) is 5.91 Å². The van der Waals surface area contributed by atoms with Crippen LogP contribution in [0.3, 0.4) is 0 Å². The van der Waals surface area contributed by atoms with Crippen molar-refractivity contribution < 1.29 is 14.3 Å². The van der Waals surface area contributed by atoms with Crippen molar-refractivity contribution in [1.82, 2.24) is 25.3 Å². The average molecular weight is 482 g/mol. The van der Waals surface area contributed by atoms with Gasteiger partial charge in [-0.25, -0.2) is 15.0 Å². The number of carbonyl (C=O) groups is 2. The van der Waals surface area contributed by atoms with Crippen molar-refractivity contribution in [3.05, 3.63) is 64.8 Å². The first-order valence-corrected chi connectivity index (χ1v) is 11.2. The number of carbonyl (C=O) groups excluding carboxylic acids is 2. The van der Waals surface area contributed by atoms with Gasteiger partial charge in [-0.15, -0.1) is 0 Å². The lowest BCUT2D eigenvalue weighted by molar-refractivity contribution is -0.108. The summed E-state index contributed by atoms with van der Waals surface area (Å²) < 4.78 is 5.20. The van der Waals surface area contributed by atoms with Crippen molar-refractivity contribution in [2.24, 2.45) is 0 Å². The Morgan fingerprint density at radius 3 is 2.82 bits per heavy atom. The fourth-order valence-electron chi connectivity index (χ4n) is 3.68. The molecule has 0 unspecified atom stereocenters. The molecule has 0 aliphatic carbocycles. The maximum atomic E-state index is 12.9. The van der Waals surface area contributed by atoms with E-state index in [2.05, 4.69) is 30.6 Å². The van der Waals surface area contributed by atoms with Gasteiger partial charge in [0.2, 0.25) is 5.95 Å². The highest BCUT2D eigenvalue weighted by Gasteiger charge is 2.27. The number of anilines is 2. The van der Waals surface area contributed by atoms with Crippen LogP contribution < -0.4 is 20.3 Å². The average Bonchev–Trinajstić information content (AvgIpc) is 3.35. The summed E-state index contributed by atoms with van der Waals surface area (Å²) in [5.41, 5.74) is 1.14. The van der Waals surface area contributed by atoms with Crippen LogP contribution in [-0.4, -0.2) is 51.8 Å². The minimum atomic E-state index is -0.373. The van der Waals surface area contributed by atoms with E-state index in [9.17, 15) is 9.59 Å². The maximum absolute atomic E-state index is 12.9. The Morgan fingerprint density at radius 1 is 1.26 bits per heavy atom. The van der Waals surface area contributed by atoms with Crippen molar-refractivity contribution in [2.75, 3.05) is 23.9 Å². The van der Waals surface area contributed by atoms with Gasteiger partial charge in [-0.2, -0.15) is 4.98 Å². The molecule has 176 valence electrons. The van der Waals surface area contributed by atoms with E-state index in [1.54, 1.807) is 37.7 Å². The molecule has 3 heterocycles. The molecule has 0 bridgehead atoms. The minimum absolute atomic E-state index is 0.161. The summed E-state index contributed by atoms with van der Waals surface area (Å²) in [6.45, 7) is 1.20. The van der Waals surface area contributed by atoms with E-state index in [-0.39, 0.29) is 24.1 Å². The molecule has 0 radical (unpaired) electrons. The predicted molar refractivity (Wildman–Crippen MR) is 127 cm³/mol. The molecule has 1 saturated heterocycles. The number of ether oxygens (including phenoxy) is 1. The van der Waals surface area contributed by atoms with Crippen LogP contribution >= 0.6 is 11.6 Å². The molecule has 1 aliphatic heterocycles.